The Labute approximate surface area is 135 Å². The van der Waals surface area contributed by atoms with Crippen LogP contribution < -0.4 is 0 Å². The monoisotopic (exact) mass is 370 g/mol. The van der Waals surface area contributed by atoms with Crippen LogP contribution in [0.1, 0.15) is 54.4 Å². The highest BCUT2D eigenvalue weighted by atomic mass is 19.3. The third-order valence-electron chi connectivity index (χ3n) is 4.68. The zero-order valence-electron chi connectivity index (χ0n) is 14.3. The fraction of sp³-hybridized carbons (Fsp3) is 1.00. The van der Waals surface area contributed by atoms with E-state index in [4.69, 9.17) is 0 Å². The van der Waals surface area contributed by atoms with Gasteiger partial charge in [0.15, 0.2) is 0 Å². The van der Waals surface area contributed by atoms with Gasteiger partial charge in [-0.2, -0.15) is 26.3 Å². The zero-order chi connectivity index (χ0) is 19.6. The number of halogens is 8. The molecule has 0 N–H and O–H groups in total. The minimum atomic E-state index is -5.94. The van der Waals surface area contributed by atoms with E-state index >= 15 is 8.78 Å². The SMILES string of the molecule is CCCC(C)(C)C1(F)OC(F)(F)C(F)(F)C(F)(C(C)(C)C)C1(F)F. The fourth-order valence-corrected chi connectivity index (χ4v) is 3.21. The van der Waals surface area contributed by atoms with Gasteiger partial charge in [0.1, 0.15) is 0 Å². The highest BCUT2D eigenvalue weighted by Gasteiger charge is 2.94. The molecule has 1 fully saturated rings. The lowest BCUT2D eigenvalue weighted by molar-refractivity contribution is -0.541. The van der Waals surface area contributed by atoms with Crippen LogP contribution in [0.25, 0.3) is 0 Å². The first kappa shape index (κ1) is 21.4. The molecule has 9 heteroatoms. The maximum absolute atomic E-state index is 15.2. The summed E-state index contributed by atoms with van der Waals surface area (Å²) in [5.74, 6) is -16.1. The van der Waals surface area contributed by atoms with E-state index < -0.39 is 46.7 Å². The second-order valence-electron chi connectivity index (χ2n) is 7.91. The smallest absolute Gasteiger partial charge is 0.271 e. The Hall–Kier alpha value is -0.600. The predicted octanol–water partition coefficient (Wildman–Crippen LogP) is 6.13. The Morgan fingerprint density at radius 1 is 0.750 bits per heavy atom. The molecule has 0 aromatic carbocycles. The highest BCUT2D eigenvalue weighted by Crippen LogP contribution is 2.70. The van der Waals surface area contributed by atoms with Gasteiger partial charge in [-0.15, -0.1) is 0 Å². The minimum Gasteiger partial charge on any atom is -0.271 e. The maximum Gasteiger partial charge on any atom is 0.425 e. The molecule has 1 saturated heterocycles. The van der Waals surface area contributed by atoms with Crippen molar-refractivity contribution in [2.75, 3.05) is 0 Å². The molecule has 2 unspecified atom stereocenters. The number of rotatable bonds is 3. The molecule has 0 aliphatic carbocycles. The molecule has 2 atom stereocenters. The summed E-state index contributed by atoms with van der Waals surface area (Å²) >= 11 is 0. The van der Waals surface area contributed by atoms with Crippen molar-refractivity contribution in [2.24, 2.45) is 10.8 Å². The van der Waals surface area contributed by atoms with Crippen molar-refractivity contribution in [3.8, 4) is 0 Å². The summed E-state index contributed by atoms with van der Waals surface area (Å²) in [7, 11) is 0. The van der Waals surface area contributed by atoms with Crippen LogP contribution in [0.4, 0.5) is 35.1 Å². The van der Waals surface area contributed by atoms with Gasteiger partial charge in [0.05, 0.1) is 0 Å². The largest absolute Gasteiger partial charge is 0.425 e. The van der Waals surface area contributed by atoms with Crippen LogP contribution in [0.5, 0.6) is 0 Å². The Morgan fingerprint density at radius 2 is 1.17 bits per heavy atom. The van der Waals surface area contributed by atoms with Crippen molar-refractivity contribution in [1.29, 1.82) is 0 Å². The van der Waals surface area contributed by atoms with E-state index in [1.54, 1.807) is 0 Å². The third-order valence-corrected chi connectivity index (χ3v) is 4.68. The quantitative estimate of drug-likeness (QED) is 0.543. The Kier molecular flexibility index (Phi) is 4.65. The van der Waals surface area contributed by atoms with Gasteiger partial charge in [-0.25, -0.2) is 8.78 Å². The van der Waals surface area contributed by atoms with Crippen molar-refractivity contribution in [3.63, 3.8) is 0 Å². The van der Waals surface area contributed by atoms with Crippen LogP contribution in [-0.4, -0.2) is 29.5 Å². The second kappa shape index (κ2) is 5.20. The molecular weight excluding hydrogens is 348 g/mol. The predicted molar refractivity (Wildman–Crippen MR) is 71.7 cm³/mol. The first-order valence-corrected chi connectivity index (χ1v) is 7.48. The lowest BCUT2D eigenvalue weighted by Crippen LogP contribution is -2.83. The minimum absolute atomic E-state index is 0.0644. The molecule has 0 amide bonds. The Balaban J connectivity index is 3.83. The van der Waals surface area contributed by atoms with E-state index in [0.29, 0.717) is 20.8 Å². The first-order valence-electron chi connectivity index (χ1n) is 7.48. The molecule has 24 heavy (non-hydrogen) atoms. The number of hydrogen-bond donors (Lipinski definition) is 0. The Bertz CT molecular complexity index is 496. The van der Waals surface area contributed by atoms with Gasteiger partial charge in [0.25, 0.3) is 11.5 Å². The third kappa shape index (κ3) is 2.22. The van der Waals surface area contributed by atoms with E-state index in [-0.39, 0.29) is 6.42 Å². The molecule has 0 aromatic rings. The molecular formula is C15H22F8O. The summed E-state index contributed by atoms with van der Waals surface area (Å²) in [6.07, 6.45) is -6.10. The molecule has 0 aromatic heterocycles. The van der Waals surface area contributed by atoms with Crippen molar-refractivity contribution in [3.05, 3.63) is 0 Å². The topological polar surface area (TPSA) is 9.23 Å². The van der Waals surface area contributed by atoms with Crippen molar-refractivity contribution in [1.82, 2.24) is 0 Å². The normalized spacial score (nSPS) is 35.8. The van der Waals surface area contributed by atoms with E-state index in [1.807, 2.05) is 0 Å². The highest BCUT2D eigenvalue weighted by molar-refractivity contribution is 5.22. The molecule has 1 rings (SSSR count). The average molecular weight is 370 g/mol. The van der Waals surface area contributed by atoms with Crippen LogP contribution in [0, 0.1) is 10.8 Å². The van der Waals surface area contributed by atoms with Crippen molar-refractivity contribution >= 4 is 0 Å². The molecule has 0 bridgehead atoms. The van der Waals surface area contributed by atoms with Crippen LogP contribution in [0.15, 0.2) is 0 Å². The van der Waals surface area contributed by atoms with Crippen molar-refractivity contribution in [2.45, 2.75) is 83.9 Å². The summed E-state index contributed by atoms with van der Waals surface area (Å²) < 4.78 is 119. The van der Waals surface area contributed by atoms with Crippen LogP contribution in [-0.2, 0) is 4.74 Å². The van der Waals surface area contributed by atoms with Gasteiger partial charge in [-0.1, -0.05) is 48.0 Å². The van der Waals surface area contributed by atoms with Gasteiger partial charge in [0, 0.05) is 10.8 Å². The van der Waals surface area contributed by atoms with Gasteiger partial charge >= 0.3 is 18.0 Å². The van der Waals surface area contributed by atoms with Crippen LogP contribution >= 0.6 is 0 Å². The summed E-state index contributed by atoms with van der Waals surface area (Å²) in [6, 6.07) is 0. The molecule has 1 nitrogen and oxygen atoms in total. The van der Waals surface area contributed by atoms with E-state index in [9.17, 15) is 26.3 Å². The van der Waals surface area contributed by atoms with E-state index in [2.05, 4.69) is 4.74 Å². The first-order chi connectivity index (χ1) is 10.3. The van der Waals surface area contributed by atoms with Crippen molar-refractivity contribution < 1.29 is 39.9 Å². The molecule has 144 valence electrons. The fourth-order valence-electron chi connectivity index (χ4n) is 3.21. The molecule has 1 heterocycles. The standard InChI is InChI=1S/C15H22F8O/c1-7-8-10(5,6)14(21)12(17,18)11(16,9(2,3)4)13(19,20)15(22,23)24-14/h7-8H2,1-6H3. The summed E-state index contributed by atoms with van der Waals surface area (Å²) in [4.78, 5) is 0. The molecule has 1 aliphatic rings. The lowest BCUT2D eigenvalue weighted by atomic mass is 9.62. The number of hydrogen-bond acceptors (Lipinski definition) is 1. The molecule has 0 saturated carbocycles. The average Bonchev–Trinajstić information content (AvgIpc) is 2.33. The van der Waals surface area contributed by atoms with Gasteiger partial charge in [0.2, 0.25) is 0 Å². The summed E-state index contributed by atoms with van der Waals surface area (Å²) in [6.45, 7) is 4.84. The number of alkyl halides is 8. The maximum atomic E-state index is 15.2. The van der Waals surface area contributed by atoms with Gasteiger partial charge in [-0.3, -0.25) is 4.74 Å². The van der Waals surface area contributed by atoms with E-state index in [1.165, 1.54) is 6.92 Å². The second-order valence-corrected chi connectivity index (χ2v) is 7.91. The van der Waals surface area contributed by atoms with Gasteiger partial charge in [-0.05, 0) is 6.42 Å². The molecule has 1 aliphatic heterocycles. The Morgan fingerprint density at radius 3 is 1.50 bits per heavy atom. The molecule has 0 radical (unpaired) electrons. The summed E-state index contributed by atoms with van der Waals surface area (Å²) in [5, 5.41) is 0. The molecule has 0 spiro atoms. The number of ether oxygens (including phenoxy) is 1. The zero-order valence-corrected chi connectivity index (χ0v) is 14.3. The van der Waals surface area contributed by atoms with Crippen LogP contribution in [0.3, 0.4) is 0 Å². The van der Waals surface area contributed by atoms with Gasteiger partial charge < -0.3 is 0 Å². The lowest BCUT2D eigenvalue weighted by Gasteiger charge is -2.59. The summed E-state index contributed by atoms with van der Waals surface area (Å²) in [5.41, 5.74) is -10.3. The van der Waals surface area contributed by atoms with E-state index in [0.717, 1.165) is 13.8 Å². The van der Waals surface area contributed by atoms with Crippen LogP contribution in [0.2, 0.25) is 0 Å².